The van der Waals surface area contributed by atoms with Crippen molar-refractivity contribution in [2.24, 2.45) is 5.92 Å². The van der Waals surface area contributed by atoms with Gasteiger partial charge < -0.3 is 20.1 Å². The second-order valence-electron chi connectivity index (χ2n) is 10.4. The second-order valence-corrected chi connectivity index (χ2v) is 10.8. The third-order valence-corrected chi connectivity index (χ3v) is 7.31. The Morgan fingerprint density at radius 1 is 1.09 bits per heavy atom. The van der Waals surface area contributed by atoms with Crippen molar-refractivity contribution in [3.8, 4) is 11.1 Å². The Bertz CT molecular complexity index is 1560. The number of fused-ring (bicyclic) bond motifs is 1. The summed E-state index contributed by atoms with van der Waals surface area (Å²) in [6.07, 6.45) is -3.10. The number of anilines is 1. The highest BCUT2D eigenvalue weighted by Gasteiger charge is 2.35. The number of rotatable bonds is 6. The number of benzene rings is 3. The van der Waals surface area contributed by atoms with E-state index in [1.165, 1.54) is 0 Å². The lowest BCUT2D eigenvalue weighted by molar-refractivity contribution is -0.137. The van der Waals surface area contributed by atoms with Gasteiger partial charge in [-0.1, -0.05) is 43.1 Å². The average Bonchev–Trinajstić information content (AvgIpc) is 3.38. The Hall–Kier alpha value is -3.94. The number of aryl methyl sites for hydroxylation is 1. The zero-order valence-corrected chi connectivity index (χ0v) is 25.9. The number of carbonyl (C=O) groups excluding carboxylic acids is 1. The molecule has 8 nitrogen and oxygen atoms in total. The molecule has 4 aromatic rings. The van der Waals surface area contributed by atoms with Gasteiger partial charge >= 0.3 is 6.18 Å². The van der Waals surface area contributed by atoms with Crippen molar-refractivity contribution < 1.29 is 37.0 Å². The molecule has 0 radical (unpaired) electrons. The molecule has 5 rings (SSSR count). The van der Waals surface area contributed by atoms with Crippen LogP contribution in [-0.4, -0.2) is 47.2 Å². The molecule has 3 aromatic carbocycles. The minimum Gasteiger partial charge on any atom is -0.483 e. The van der Waals surface area contributed by atoms with E-state index in [2.05, 4.69) is 63.2 Å². The smallest absolute Gasteiger partial charge is 0.416 e. The number of carbonyl (C=O) groups is 2. The number of aromatic amines is 1. The molecule has 0 aliphatic heterocycles. The molecule has 1 heterocycles. The Labute approximate surface area is 264 Å². The minimum absolute atomic E-state index is 0.0373. The van der Waals surface area contributed by atoms with Crippen molar-refractivity contribution >= 4 is 41.9 Å². The first-order valence-electron chi connectivity index (χ1n) is 14.2. The number of imidazole rings is 1. The molecule has 0 spiro atoms. The van der Waals surface area contributed by atoms with E-state index < -0.39 is 29.4 Å². The van der Waals surface area contributed by atoms with Crippen LogP contribution in [-0.2, 0) is 20.5 Å². The molecule has 1 saturated carbocycles. The SMILES string of the molecule is CCOC1CC(C(=O)Nc2ccc(C(F)(F)F)cc2F)CC(c2ccc(-c3ccc4nc(C)[nH]c4c3)cc2)C1.CNS.O=CO. The van der Waals surface area contributed by atoms with Crippen LogP contribution in [0, 0.1) is 18.7 Å². The second kappa shape index (κ2) is 16.4. The number of halogens is 4. The van der Waals surface area contributed by atoms with Crippen LogP contribution in [0.4, 0.5) is 23.2 Å². The van der Waals surface area contributed by atoms with E-state index in [0.717, 1.165) is 52.1 Å². The number of aromatic nitrogens is 2. The van der Waals surface area contributed by atoms with Gasteiger partial charge in [0.25, 0.3) is 6.47 Å². The molecule has 1 aromatic heterocycles. The summed E-state index contributed by atoms with van der Waals surface area (Å²) in [4.78, 5) is 29.2. The molecule has 0 bridgehead atoms. The number of thiol groups is 1. The molecular weight excluding hydrogens is 612 g/mol. The van der Waals surface area contributed by atoms with Gasteiger partial charge in [0.1, 0.15) is 11.6 Å². The van der Waals surface area contributed by atoms with Gasteiger partial charge in [0.05, 0.1) is 28.4 Å². The van der Waals surface area contributed by atoms with Gasteiger partial charge in [0.2, 0.25) is 5.91 Å². The molecule has 1 aliphatic carbocycles. The van der Waals surface area contributed by atoms with Gasteiger partial charge in [-0.15, -0.1) is 0 Å². The van der Waals surface area contributed by atoms with E-state index in [1.807, 2.05) is 26.0 Å². The third kappa shape index (κ3) is 9.77. The number of hydrogen-bond donors (Lipinski definition) is 5. The maximum absolute atomic E-state index is 14.4. The summed E-state index contributed by atoms with van der Waals surface area (Å²) in [5.41, 5.74) is 3.70. The molecule has 13 heteroatoms. The highest BCUT2D eigenvalue weighted by molar-refractivity contribution is 7.78. The Morgan fingerprint density at radius 2 is 1.73 bits per heavy atom. The average molecular weight is 649 g/mol. The lowest BCUT2D eigenvalue weighted by atomic mass is 9.76. The van der Waals surface area contributed by atoms with Crippen molar-refractivity contribution in [3.63, 3.8) is 0 Å². The Kier molecular flexibility index (Phi) is 12.9. The number of nitrogens with zero attached hydrogens (tertiary/aromatic N) is 1. The first kappa shape index (κ1) is 35.5. The number of hydrogen-bond acceptors (Lipinski definition) is 6. The minimum atomic E-state index is -4.66. The zero-order chi connectivity index (χ0) is 33.1. The van der Waals surface area contributed by atoms with E-state index in [1.54, 1.807) is 7.05 Å². The predicted molar refractivity (Wildman–Crippen MR) is 169 cm³/mol. The molecular formula is C32H36F4N4O4S. The van der Waals surface area contributed by atoms with E-state index in [4.69, 9.17) is 14.6 Å². The Balaban J connectivity index is 0.000000853. The first-order chi connectivity index (χ1) is 21.4. The summed E-state index contributed by atoms with van der Waals surface area (Å²) >= 11 is 3.54. The summed E-state index contributed by atoms with van der Waals surface area (Å²) in [5, 5.41) is 9.38. The van der Waals surface area contributed by atoms with E-state index in [0.29, 0.717) is 25.5 Å². The molecule has 1 amide bonds. The summed E-state index contributed by atoms with van der Waals surface area (Å²) < 4.78 is 61.4. The van der Waals surface area contributed by atoms with Crippen LogP contribution in [0.2, 0.25) is 0 Å². The summed E-state index contributed by atoms with van der Waals surface area (Å²) in [7, 11) is 1.74. The van der Waals surface area contributed by atoms with Crippen molar-refractivity contribution in [2.45, 2.75) is 51.3 Å². The van der Waals surface area contributed by atoms with Gasteiger partial charge in [-0.2, -0.15) is 13.2 Å². The highest BCUT2D eigenvalue weighted by Crippen LogP contribution is 2.39. The van der Waals surface area contributed by atoms with Gasteiger partial charge in [0.15, 0.2) is 0 Å². The summed E-state index contributed by atoms with van der Waals surface area (Å²) in [6, 6.07) is 16.4. The quantitative estimate of drug-likeness (QED) is 0.0847. The van der Waals surface area contributed by atoms with Crippen LogP contribution >= 0.6 is 12.8 Å². The fourth-order valence-electron chi connectivity index (χ4n) is 5.42. The maximum Gasteiger partial charge on any atom is 0.416 e. The molecule has 1 aliphatic rings. The van der Waals surface area contributed by atoms with Crippen LogP contribution in [0.1, 0.15) is 49.1 Å². The Morgan fingerprint density at radius 3 is 2.33 bits per heavy atom. The monoisotopic (exact) mass is 648 g/mol. The number of nitrogens with one attached hydrogen (secondary N) is 3. The van der Waals surface area contributed by atoms with Crippen molar-refractivity contribution in [3.05, 3.63) is 83.4 Å². The normalized spacial score (nSPS) is 17.8. The fraction of sp³-hybridized carbons (Fsp3) is 0.344. The summed E-state index contributed by atoms with van der Waals surface area (Å²) in [5.74, 6) is -1.13. The molecule has 4 N–H and O–H groups in total. The largest absolute Gasteiger partial charge is 0.483 e. The molecule has 3 atom stereocenters. The number of carboxylic acid groups (broad SMARTS) is 1. The van der Waals surface area contributed by atoms with Crippen molar-refractivity contribution in [1.82, 2.24) is 14.7 Å². The zero-order valence-electron chi connectivity index (χ0n) is 25.0. The van der Waals surface area contributed by atoms with E-state index in [9.17, 15) is 22.4 Å². The number of alkyl halides is 3. The van der Waals surface area contributed by atoms with Gasteiger partial charge in [-0.05, 0) is 93.1 Å². The molecule has 1 fully saturated rings. The number of H-pyrrole nitrogens is 1. The number of amides is 1. The van der Waals surface area contributed by atoms with Crippen LogP contribution in [0.15, 0.2) is 60.7 Å². The molecule has 0 saturated heterocycles. The van der Waals surface area contributed by atoms with Crippen LogP contribution in [0.25, 0.3) is 22.2 Å². The topological polar surface area (TPSA) is 116 Å². The van der Waals surface area contributed by atoms with Gasteiger partial charge in [-0.3, -0.25) is 14.3 Å². The van der Waals surface area contributed by atoms with E-state index >= 15 is 0 Å². The molecule has 3 unspecified atom stereocenters. The van der Waals surface area contributed by atoms with Gasteiger partial charge in [-0.25, -0.2) is 9.37 Å². The van der Waals surface area contributed by atoms with Crippen LogP contribution in [0.5, 0.6) is 0 Å². The summed E-state index contributed by atoms with van der Waals surface area (Å²) in [6.45, 7) is 4.05. The standard InChI is InChI=1S/C30H29F4N3O2.CH5NS.CH2O2/c1-3-39-24-13-21(12-22(14-24)29(38)37-26-11-9-23(16-25(26)31)30(32,33)34)19-6-4-18(5-7-19)20-8-10-27-28(15-20)36-17(2)35-27;1-2-3;2-1-3/h4-11,15-16,21-22,24H,3,12-14H2,1-2H3,(H,35,36)(H,37,38);2-3H,1H3;1H,(H,2,3). The fourth-order valence-corrected chi connectivity index (χ4v) is 5.42. The first-order valence-corrected chi connectivity index (χ1v) is 14.6. The lowest BCUT2D eigenvalue weighted by Gasteiger charge is -2.34. The maximum atomic E-state index is 14.4. The number of ether oxygens (including phenoxy) is 1. The van der Waals surface area contributed by atoms with Crippen molar-refractivity contribution in [2.75, 3.05) is 19.0 Å². The van der Waals surface area contributed by atoms with E-state index in [-0.39, 0.29) is 24.2 Å². The molecule has 45 heavy (non-hydrogen) atoms. The highest BCUT2D eigenvalue weighted by atomic mass is 32.1. The van der Waals surface area contributed by atoms with Crippen molar-refractivity contribution in [1.29, 1.82) is 0 Å². The predicted octanol–water partition coefficient (Wildman–Crippen LogP) is 7.38. The van der Waals surface area contributed by atoms with Crippen LogP contribution < -0.4 is 10.0 Å². The molecule has 242 valence electrons. The lowest BCUT2D eigenvalue weighted by Crippen LogP contribution is -2.35. The van der Waals surface area contributed by atoms with Gasteiger partial charge in [0, 0.05) is 12.5 Å². The third-order valence-electron chi connectivity index (χ3n) is 7.31. The van der Waals surface area contributed by atoms with Crippen LogP contribution in [0.3, 0.4) is 0 Å².